The van der Waals surface area contributed by atoms with Crippen molar-refractivity contribution in [2.75, 3.05) is 7.11 Å². The Hall–Kier alpha value is -1.42. The minimum atomic E-state index is 0.0292. The topological polar surface area (TPSA) is 30.5 Å². The van der Waals surface area contributed by atoms with Crippen molar-refractivity contribution in [3.63, 3.8) is 0 Å². The largest absolute Gasteiger partial charge is 0.493 e. The van der Waals surface area contributed by atoms with E-state index in [4.69, 9.17) is 32.7 Å². The second-order valence-corrected chi connectivity index (χ2v) is 7.47. The number of hydrogen-bond acceptors (Lipinski definition) is 3. The van der Waals surface area contributed by atoms with Crippen LogP contribution in [-0.2, 0) is 13.2 Å². The maximum atomic E-state index is 6.40. The Balaban J connectivity index is 2.14. The summed E-state index contributed by atoms with van der Waals surface area (Å²) in [6.45, 7) is 7.43. The van der Waals surface area contributed by atoms with Crippen LogP contribution in [0.3, 0.4) is 0 Å². The highest BCUT2D eigenvalue weighted by atomic mass is 35.5. The molecule has 24 heavy (non-hydrogen) atoms. The first-order valence-corrected chi connectivity index (χ1v) is 8.53. The fourth-order valence-electron chi connectivity index (χ4n) is 2.16. The van der Waals surface area contributed by atoms with Gasteiger partial charge in [0.25, 0.3) is 0 Å². The monoisotopic (exact) mass is 367 g/mol. The van der Waals surface area contributed by atoms with E-state index >= 15 is 0 Å². The Labute approximate surface area is 153 Å². The summed E-state index contributed by atoms with van der Waals surface area (Å²) in [5.74, 6) is 1.16. The normalized spacial score (nSPS) is 11.4. The average molecular weight is 368 g/mol. The maximum Gasteiger partial charge on any atom is 0.180 e. The first kappa shape index (κ1) is 18.9. The molecule has 2 rings (SSSR count). The Morgan fingerprint density at radius 2 is 1.79 bits per heavy atom. The molecule has 0 bridgehead atoms. The SMILES string of the molecule is COc1cc(CNC(C)(C)C)cc(Cl)c1OCc1cccc(Cl)c1. The molecule has 1 N–H and O–H groups in total. The van der Waals surface area contributed by atoms with Gasteiger partial charge in [0, 0.05) is 17.1 Å². The Morgan fingerprint density at radius 3 is 2.42 bits per heavy atom. The van der Waals surface area contributed by atoms with Crippen LogP contribution < -0.4 is 14.8 Å². The Kier molecular flexibility index (Phi) is 6.39. The van der Waals surface area contributed by atoms with Gasteiger partial charge in [0.2, 0.25) is 0 Å². The van der Waals surface area contributed by atoms with Crippen LogP contribution in [0.5, 0.6) is 11.5 Å². The molecule has 0 spiro atoms. The van der Waals surface area contributed by atoms with E-state index in [1.165, 1.54) is 0 Å². The lowest BCUT2D eigenvalue weighted by molar-refractivity contribution is 0.284. The van der Waals surface area contributed by atoms with Crippen LogP contribution in [0.1, 0.15) is 31.9 Å². The first-order chi connectivity index (χ1) is 11.3. The summed E-state index contributed by atoms with van der Waals surface area (Å²) in [4.78, 5) is 0. The number of hydrogen-bond donors (Lipinski definition) is 1. The fourth-order valence-corrected chi connectivity index (χ4v) is 2.67. The van der Waals surface area contributed by atoms with Gasteiger partial charge < -0.3 is 14.8 Å². The van der Waals surface area contributed by atoms with Gasteiger partial charge in [-0.25, -0.2) is 0 Å². The van der Waals surface area contributed by atoms with Crippen LogP contribution in [0.2, 0.25) is 10.0 Å². The lowest BCUT2D eigenvalue weighted by Gasteiger charge is -2.21. The second-order valence-electron chi connectivity index (χ2n) is 6.63. The molecule has 0 fully saturated rings. The van der Waals surface area contributed by atoms with Gasteiger partial charge in [-0.1, -0.05) is 35.3 Å². The van der Waals surface area contributed by atoms with Crippen LogP contribution in [0.25, 0.3) is 0 Å². The molecule has 0 atom stereocenters. The number of benzene rings is 2. The van der Waals surface area contributed by atoms with Crippen molar-refractivity contribution in [3.05, 3.63) is 57.6 Å². The minimum Gasteiger partial charge on any atom is -0.493 e. The standard InChI is InChI=1S/C19H23Cl2NO2/c1-19(2,3)22-11-14-9-16(21)18(17(10-14)23-4)24-12-13-6-5-7-15(20)8-13/h5-10,22H,11-12H2,1-4H3. The molecule has 2 aromatic carbocycles. The van der Waals surface area contributed by atoms with Crippen LogP contribution in [-0.4, -0.2) is 12.6 Å². The highest BCUT2D eigenvalue weighted by molar-refractivity contribution is 6.32. The molecule has 0 heterocycles. The van der Waals surface area contributed by atoms with Crippen LogP contribution in [0.15, 0.2) is 36.4 Å². The molecule has 0 radical (unpaired) electrons. The zero-order valence-corrected chi connectivity index (χ0v) is 16.0. The average Bonchev–Trinajstić information content (AvgIpc) is 2.50. The third-order valence-electron chi connectivity index (χ3n) is 3.38. The highest BCUT2D eigenvalue weighted by Gasteiger charge is 2.14. The highest BCUT2D eigenvalue weighted by Crippen LogP contribution is 2.37. The smallest absolute Gasteiger partial charge is 0.180 e. The number of methoxy groups -OCH3 is 1. The van der Waals surface area contributed by atoms with Crippen LogP contribution in [0.4, 0.5) is 0 Å². The number of rotatable bonds is 6. The summed E-state index contributed by atoms with van der Waals surface area (Å²) < 4.78 is 11.3. The van der Waals surface area contributed by atoms with Crippen molar-refractivity contribution in [1.82, 2.24) is 5.32 Å². The van der Waals surface area contributed by atoms with E-state index in [0.29, 0.717) is 34.7 Å². The van der Waals surface area contributed by atoms with Gasteiger partial charge in [0.1, 0.15) is 6.61 Å². The van der Waals surface area contributed by atoms with Gasteiger partial charge in [0.15, 0.2) is 11.5 Å². The van der Waals surface area contributed by atoms with Gasteiger partial charge in [-0.15, -0.1) is 0 Å². The van der Waals surface area contributed by atoms with Crippen molar-refractivity contribution >= 4 is 23.2 Å². The Bertz CT molecular complexity index is 696. The van der Waals surface area contributed by atoms with Crippen molar-refractivity contribution in [1.29, 1.82) is 0 Å². The lowest BCUT2D eigenvalue weighted by atomic mass is 10.1. The molecule has 2 aromatic rings. The second kappa shape index (κ2) is 8.11. The molecule has 0 saturated carbocycles. The van der Waals surface area contributed by atoms with Crippen molar-refractivity contribution in [2.24, 2.45) is 0 Å². The molecule has 5 heteroatoms. The van der Waals surface area contributed by atoms with E-state index in [-0.39, 0.29) is 5.54 Å². The number of nitrogens with one attached hydrogen (secondary N) is 1. The maximum absolute atomic E-state index is 6.40. The minimum absolute atomic E-state index is 0.0292. The zero-order valence-electron chi connectivity index (χ0n) is 14.5. The lowest BCUT2D eigenvalue weighted by Crippen LogP contribution is -2.35. The molecule has 3 nitrogen and oxygen atoms in total. The summed E-state index contributed by atoms with van der Waals surface area (Å²) >= 11 is 12.4. The molecular formula is C19H23Cl2NO2. The van der Waals surface area contributed by atoms with Crippen LogP contribution in [0, 0.1) is 0 Å². The quantitative estimate of drug-likeness (QED) is 0.734. The summed E-state index contributed by atoms with van der Waals surface area (Å²) in [7, 11) is 1.61. The third kappa shape index (κ3) is 5.59. The molecule has 0 unspecified atom stereocenters. The van der Waals surface area contributed by atoms with E-state index < -0.39 is 0 Å². The van der Waals surface area contributed by atoms with Crippen molar-refractivity contribution < 1.29 is 9.47 Å². The van der Waals surface area contributed by atoms with E-state index in [0.717, 1.165) is 11.1 Å². The van der Waals surface area contributed by atoms with Crippen LogP contribution >= 0.6 is 23.2 Å². The summed E-state index contributed by atoms with van der Waals surface area (Å²) in [5, 5.41) is 4.64. The van der Waals surface area contributed by atoms with Crippen molar-refractivity contribution in [3.8, 4) is 11.5 Å². The molecule has 0 saturated heterocycles. The number of halogens is 2. The molecule has 0 aliphatic carbocycles. The third-order valence-corrected chi connectivity index (χ3v) is 3.90. The summed E-state index contributed by atoms with van der Waals surface area (Å²) in [6.07, 6.45) is 0. The van der Waals surface area contributed by atoms with E-state index in [9.17, 15) is 0 Å². The predicted molar refractivity (Wildman–Crippen MR) is 100 cm³/mol. The molecule has 130 valence electrons. The molecule has 0 aliphatic heterocycles. The van der Waals surface area contributed by atoms with Gasteiger partial charge in [0.05, 0.1) is 12.1 Å². The van der Waals surface area contributed by atoms with Gasteiger partial charge in [-0.3, -0.25) is 0 Å². The molecule has 0 amide bonds. The predicted octanol–water partition coefficient (Wildman–Crippen LogP) is 5.47. The molecule has 0 aromatic heterocycles. The fraction of sp³-hybridized carbons (Fsp3) is 0.368. The summed E-state index contributed by atoms with van der Waals surface area (Å²) in [5.41, 5.74) is 2.04. The molecule has 0 aliphatic rings. The van der Waals surface area contributed by atoms with E-state index in [1.54, 1.807) is 7.11 Å². The summed E-state index contributed by atoms with van der Waals surface area (Å²) in [6, 6.07) is 11.4. The number of ether oxygens (including phenoxy) is 2. The van der Waals surface area contributed by atoms with Crippen molar-refractivity contribution in [2.45, 2.75) is 39.5 Å². The first-order valence-electron chi connectivity index (χ1n) is 7.77. The molecular weight excluding hydrogens is 345 g/mol. The van der Waals surface area contributed by atoms with Gasteiger partial charge in [-0.05, 0) is 56.2 Å². The Morgan fingerprint density at radius 1 is 1.04 bits per heavy atom. The zero-order chi connectivity index (χ0) is 17.7. The van der Waals surface area contributed by atoms with E-state index in [1.807, 2.05) is 36.4 Å². The van der Waals surface area contributed by atoms with Gasteiger partial charge in [-0.2, -0.15) is 0 Å². The van der Waals surface area contributed by atoms with Gasteiger partial charge >= 0.3 is 0 Å². The van der Waals surface area contributed by atoms with E-state index in [2.05, 4.69) is 26.1 Å².